The maximum atomic E-state index is 12.4. The zero-order valence-corrected chi connectivity index (χ0v) is 20.7. The predicted molar refractivity (Wildman–Crippen MR) is 134 cm³/mol. The van der Waals surface area contributed by atoms with Crippen molar-refractivity contribution in [1.82, 2.24) is 19.8 Å². The van der Waals surface area contributed by atoms with Gasteiger partial charge in [0.15, 0.2) is 0 Å². The molecule has 0 radical (unpaired) electrons. The number of benzene rings is 1. The van der Waals surface area contributed by atoms with Crippen molar-refractivity contribution in [2.45, 2.75) is 44.4 Å². The van der Waals surface area contributed by atoms with Crippen LogP contribution in [0.3, 0.4) is 0 Å². The first-order valence-electron chi connectivity index (χ1n) is 12.5. The van der Waals surface area contributed by atoms with Crippen LogP contribution in [-0.2, 0) is 29.0 Å². The van der Waals surface area contributed by atoms with Crippen molar-refractivity contribution in [3.8, 4) is 12.1 Å². The summed E-state index contributed by atoms with van der Waals surface area (Å²) in [4.78, 5) is 28.4. The van der Waals surface area contributed by atoms with E-state index in [2.05, 4.69) is 46.7 Å². The van der Waals surface area contributed by atoms with E-state index in [0.717, 1.165) is 43.0 Å². The van der Waals surface area contributed by atoms with Crippen LogP contribution in [0.5, 0.6) is 6.01 Å². The number of methoxy groups -OCH3 is 1. The second-order valence-corrected chi connectivity index (χ2v) is 9.45. The summed E-state index contributed by atoms with van der Waals surface area (Å²) in [6.07, 6.45) is 3.76. The Labute approximate surface area is 211 Å². The molecule has 1 saturated heterocycles. The minimum atomic E-state index is -0.225. The van der Waals surface area contributed by atoms with Crippen LogP contribution >= 0.6 is 0 Å². The predicted octanol–water partition coefficient (Wildman–Crippen LogP) is 2.62. The standard InChI is InChI=1S/C27H32N6O3/c1-3-25(34)33-13-12-31(16-20(33)10-11-28)26-22-17-32(24-9-8-19-6-4-5-7-21(19)24)18-23(22)29-27(30-26)36-15-14-35-2/h3-7,20,24H,1,8-10,12-18H2,2H3/t20-,24?/m0/s1. The summed E-state index contributed by atoms with van der Waals surface area (Å²) >= 11 is 0. The number of ether oxygens (including phenoxy) is 2. The number of hydrogen-bond donors (Lipinski definition) is 0. The summed E-state index contributed by atoms with van der Waals surface area (Å²) in [5.41, 5.74) is 4.92. The molecule has 9 heteroatoms. The van der Waals surface area contributed by atoms with Gasteiger partial charge in [-0.2, -0.15) is 15.2 Å². The molecule has 1 amide bonds. The molecular weight excluding hydrogens is 456 g/mol. The summed E-state index contributed by atoms with van der Waals surface area (Å²) in [6, 6.07) is 11.4. The van der Waals surface area contributed by atoms with Gasteiger partial charge in [0.1, 0.15) is 12.4 Å². The highest BCUT2D eigenvalue weighted by Crippen LogP contribution is 2.42. The van der Waals surface area contributed by atoms with E-state index in [-0.39, 0.29) is 18.4 Å². The van der Waals surface area contributed by atoms with E-state index in [0.29, 0.717) is 44.9 Å². The quantitative estimate of drug-likeness (QED) is 0.413. The molecule has 36 heavy (non-hydrogen) atoms. The normalized spacial score (nSPS) is 21.1. The minimum Gasteiger partial charge on any atom is -0.461 e. The average molecular weight is 489 g/mol. The molecule has 5 rings (SSSR count). The van der Waals surface area contributed by atoms with Crippen LogP contribution in [0.2, 0.25) is 0 Å². The van der Waals surface area contributed by atoms with E-state index in [1.54, 1.807) is 12.0 Å². The molecular formula is C27H32N6O3. The molecule has 3 aliphatic rings. The Morgan fingerprint density at radius 1 is 1.25 bits per heavy atom. The number of anilines is 1. The lowest BCUT2D eigenvalue weighted by molar-refractivity contribution is -0.128. The van der Waals surface area contributed by atoms with Gasteiger partial charge in [0.2, 0.25) is 5.91 Å². The van der Waals surface area contributed by atoms with Gasteiger partial charge in [0.25, 0.3) is 0 Å². The van der Waals surface area contributed by atoms with Crippen LogP contribution in [0, 0.1) is 11.3 Å². The molecule has 0 spiro atoms. The van der Waals surface area contributed by atoms with E-state index in [1.807, 2.05) is 0 Å². The summed E-state index contributed by atoms with van der Waals surface area (Å²) in [5.74, 6) is 0.701. The Balaban J connectivity index is 1.43. The van der Waals surface area contributed by atoms with E-state index >= 15 is 0 Å². The maximum absolute atomic E-state index is 12.4. The Hall–Kier alpha value is -3.48. The van der Waals surface area contributed by atoms with Crippen molar-refractivity contribution in [3.05, 3.63) is 59.3 Å². The van der Waals surface area contributed by atoms with Gasteiger partial charge >= 0.3 is 6.01 Å². The Morgan fingerprint density at radius 2 is 2.11 bits per heavy atom. The first-order valence-corrected chi connectivity index (χ1v) is 12.5. The zero-order valence-electron chi connectivity index (χ0n) is 20.7. The lowest BCUT2D eigenvalue weighted by atomic mass is 10.1. The van der Waals surface area contributed by atoms with Crippen LogP contribution in [0.15, 0.2) is 36.9 Å². The van der Waals surface area contributed by atoms with Gasteiger partial charge in [0.05, 0.1) is 30.8 Å². The number of rotatable bonds is 8. The maximum Gasteiger partial charge on any atom is 0.318 e. The monoisotopic (exact) mass is 488 g/mol. The number of aryl methyl sites for hydroxylation is 1. The molecule has 2 aromatic rings. The molecule has 2 atom stereocenters. The molecule has 9 nitrogen and oxygen atoms in total. The van der Waals surface area contributed by atoms with Gasteiger partial charge in [-0.3, -0.25) is 9.69 Å². The molecule has 188 valence electrons. The first-order chi connectivity index (χ1) is 17.6. The summed E-state index contributed by atoms with van der Waals surface area (Å²) in [5, 5.41) is 9.41. The molecule has 1 aliphatic carbocycles. The van der Waals surface area contributed by atoms with Crippen LogP contribution in [0.1, 0.15) is 41.3 Å². The number of amides is 1. The van der Waals surface area contributed by atoms with E-state index < -0.39 is 0 Å². The fourth-order valence-corrected chi connectivity index (χ4v) is 5.65. The molecule has 1 fully saturated rings. The molecule has 2 aliphatic heterocycles. The molecule has 0 bridgehead atoms. The largest absolute Gasteiger partial charge is 0.461 e. The van der Waals surface area contributed by atoms with Gasteiger partial charge in [0, 0.05) is 51.4 Å². The average Bonchev–Trinajstić information content (AvgIpc) is 3.52. The van der Waals surface area contributed by atoms with E-state index in [1.165, 1.54) is 17.2 Å². The zero-order chi connectivity index (χ0) is 25.1. The Kier molecular flexibility index (Phi) is 7.16. The van der Waals surface area contributed by atoms with Crippen LogP contribution in [0.25, 0.3) is 0 Å². The topological polar surface area (TPSA) is 94.8 Å². The summed E-state index contributed by atoms with van der Waals surface area (Å²) < 4.78 is 11.0. The SMILES string of the molecule is C=CC(=O)N1CCN(c2nc(OCCOC)nc3c2CN(C2CCc4ccccc42)C3)C[C@@H]1CC#N. The number of nitrogens with zero attached hydrogens (tertiary/aromatic N) is 6. The van der Waals surface area contributed by atoms with Crippen molar-refractivity contribution < 1.29 is 14.3 Å². The van der Waals surface area contributed by atoms with Gasteiger partial charge in [-0.15, -0.1) is 0 Å². The van der Waals surface area contributed by atoms with Gasteiger partial charge in [-0.25, -0.2) is 0 Å². The highest BCUT2D eigenvalue weighted by Gasteiger charge is 2.37. The van der Waals surface area contributed by atoms with Crippen LogP contribution in [0.4, 0.5) is 5.82 Å². The molecule has 1 aromatic carbocycles. The second-order valence-electron chi connectivity index (χ2n) is 9.45. The molecule has 1 aromatic heterocycles. The Bertz CT molecular complexity index is 1180. The molecule has 0 saturated carbocycles. The third-order valence-corrected chi connectivity index (χ3v) is 7.39. The first kappa shape index (κ1) is 24.2. The smallest absolute Gasteiger partial charge is 0.318 e. The van der Waals surface area contributed by atoms with Crippen molar-refractivity contribution in [3.63, 3.8) is 0 Å². The van der Waals surface area contributed by atoms with E-state index in [9.17, 15) is 10.1 Å². The lowest BCUT2D eigenvalue weighted by Gasteiger charge is -2.41. The van der Waals surface area contributed by atoms with Gasteiger partial charge < -0.3 is 19.3 Å². The molecule has 0 N–H and O–H groups in total. The third kappa shape index (κ3) is 4.66. The highest BCUT2D eigenvalue weighted by molar-refractivity contribution is 5.87. The number of hydrogen-bond acceptors (Lipinski definition) is 8. The van der Waals surface area contributed by atoms with Crippen LogP contribution in [-0.4, -0.2) is 71.7 Å². The number of nitriles is 1. The minimum absolute atomic E-state index is 0.141. The van der Waals surface area contributed by atoms with Crippen molar-refractivity contribution in [2.24, 2.45) is 0 Å². The fraction of sp³-hybridized carbons (Fsp3) is 0.481. The molecule has 1 unspecified atom stereocenters. The van der Waals surface area contributed by atoms with Crippen molar-refractivity contribution >= 4 is 11.7 Å². The van der Waals surface area contributed by atoms with Crippen molar-refractivity contribution in [1.29, 1.82) is 5.26 Å². The highest BCUT2D eigenvalue weighted by atomic mass is 16.5. The van der Waals surface area contributed by atoms with Gasteiger partial charge in [-0.1, -0.05) is 30.8 Å². The summed E-state index contributed by atoms with van der Waals surface area (Å²) in [7, 11) is 1.63. The fourth-order valence-electron chi connectivity index (χ4n) is 5.65. The number of carbonyl (C=O) groups excluding carboxylic acids is 1. The lowest BCUT2D eigenvalue weighted by Crippen LogP contribution is -2.55. The summed E-state index contributed by atoms with van der Waals surface area (Å²) in [6.45, 7) is 7.60. The molecule has 3 heterocycles. The van der Waals surface area contributed by atoms with Gasteiger partial charge in [-0.05, 0) is 30.0 Å². The second kappa shape index (κ2) is 10.6. The number of piperazine rings is 1. The van der Waals surface area contributed by atoms with E-state index in [4.69, 9.17) is 19.4 Å². The number of carbonyl (C=O) groups is 1. The van der Waals surface area contributed by atoms with Crippen LogP contribution < -0.4 is 9.64 Å². The van der Waals surface area contributed by atoms with Crippen molar-refractivity contribution in [2.75, 3.05) is 44.9 Å². The number of fused-ring (bicyclic) bond motifs is 2. The number of aromatic nitrogens is 2. The Morgan fingerprint density at radius 3 is 2.92 bits per heavy atom. The third-order valence-electron chi connectivity index (χ3n) is 7.39.